The van der Waals surface area contributed by atoms with Gasteiger partial charge in [0.15, 0.2) is 5.78 Å². The predicted molar refractivity (Wildman–Crippen MR) is 77.6 cm³/mol. The molecule has 20 heavy (non-hydrogen) atoms. The van der Waals surface area contributed by atoms with E-state index in [1.54, 1.807) is 24.3 Å². The Morgan fingerprint density at radius 3 is 2.75 bits per heavy atom. The molecule has 2 atom stereocenters. The van der Waals surface area contributed by atoms with Crippen molar-refractivity contribution in [3.8, 4) is 6.07 Å². The van der Waals surface area contributed by atoms with Crippen LogP contribution in [-0.4, -0.2) is 18.5 Å². The molecule has 0 radical (unpaired) electrons. The highest BCUT2D eigenvalue weighted by Gasteiger charge is 2.22. The molecule has 0 N–H and O–H groups in total. The summed E-state index contributed by atoms with van der Waals surface area (Å²) < 4.78 is 5.61. The van der Waals surface area contributed by atoms with Crippen LogP contribution in [0.25, 0.3) is 0 Å². The smallest absolute Gasteiger partial charge is 0.154 e. The van der Waals surface area contributed by atoms with E-state index >= 15 is 0 Å². The maximum atomic E-state index is 12.2. The minimum Gasteiger partial charge on any atom is -0.378 e. The topological polar surface area (TPSA) is 50.1 Å². The standard InChI is InChI=1S/C16H18ClNO2/c17-13-6-4-12(5-7-13)15(11-18)16(19)9-8-14-3-1-2-10-20-14/h4-7,14-15H,1-3,8-10H2. The lowest BCUT2D eigenvalue weighted by molar-refractivity contribution is -0.120. The normalized spacial score (nSPS) is 20.1. The Morgan fingerprint density at radius 2 is 2.15 bits per heavy atom. The van der Waals surface area contributed by atoms with E-state index in [-0.39, 0.29) is 11.9 Å². The summed E-state index contributed by atoms with van der Waals surface area (Å²) in [7, 11) is 0. The Labute approximate surface area is 124 Å². The zero-order valence-corrected chi connectivity index (χ0v) is 12.1. The van der Waals surface area contributed by atoms with E-state index in [0.717, 1.165) is 25.9 Å². The molecule has 2 rings (SSSR count). The van der Waals surface area contributed by atoms with Gasteiger partial charge in [0.05, 0.1) is 12.2 Å². The average Bonchev–Trinajstić information content (AvgIpc) is 2.49. The molecule has 4 heteroatoms. The van der Waals surface area contributed by atoms with Crippen LogP contribution in [0, 0.1) is 11.3 Å². The number of carbonyl (C=O) groups is 1. The molecular weight excluding hydrogens is 274 g/mol. The minimum atomic E-state index is -0.698. The molecule has 0 bridgehead atoms. The van der Waals surface area contributed by atoms with Crippen molar-refractivity contribution in [3.05, 3.63) is 34.9 Å². The van der Waals surface area contributed by atoms with Gasteiger partial charge in [0.1, 0.15) is 5.92 Å². The highest BCUT2D eigenvalue weighted by atomic mass is 35.5. The van der Waals surface area contributed by atoms with E-state index in [1.165, 1.54) is 0 Å². The molecule has 1 heterocycles. The van der Waals surface area contributed by atoms with Crippen molar-refractivity contribution in [1.82, 2.24) is 0 Å². The van der Waals surface area contributed by atoms with Crippen molar-refractivity contribution < 1.29 is 9.53 Å². The van der Waals surface area contributed by atoms with Crippen LogP contribution in [0.4, 0.5) is 0 Å². The predicted octanol–water partition coefficient (Wildman–Crippen LogP) is 3.87. The van der Waals surface area contributed by atoms with Crippen molar-refractivity contribution in [2.45, 2.75) is 44.1 Å². The highest BCUT2D eigenvalue weighted by Crippen LogP contribution is 2.23. The molecule has 1 aliphatic heterocycles. The maximum Gasteiger partial charge on any atom is 0.154 e. The fourth-order valence-corrected chi connectivity index (χ4v) is 2.60. The van der Waals surface area contributed by atoms with Crippen LogP contribution < -0.4 is 0 Å². The second-order valence-corrected chi connectivity index (χ2v) is 5.54. The number of benzene rings is 1. The molecule has 1 aromatic carbocycles. The summed E-state index contributed by atoms with van der Waals surface area (Å²) in [5.41, 5.74) is 0.714. The third-order valence-electron chi connectivity index (χ3n) is 3.64. The van der Waals surface area contributed by atoms with Crippen molar-refractivity contribution in [3.63, 3.8) is 0 Å². The molecule has 1 aromatic rings. The molecule has 0 spiro atoms. The van der Waals surface area contributed by atoms with Gasteiger partial charge in [-0.05, 0) is 43.4 Å². The van der Waals surface area contributed by atoms with E-state index in [4.69, 9.17) is 16.3 Å². The fraction of sp³-hybridized carbons (Fsp3) is 0.500. The maximum absolute atomic E-state index is 12.2. The van der Waals surface area contributed by atoms with Crippen molar-refractivity contribution in [2.75, 3.05) is 6.61 Å². The molecule has 106 valence electrons. The summed E-state index contributed by atoms with van der Waals surface area (Å²) in [6.07, 6.45) is 4.58. The number of rotatable bonds is 5. The largest absolute Gasteiger partial charge is 0.378 e. The summed E-state index contributed by atoms with van der Waals surface area (Å²) in [5, 5.41) is 9.83. The van der Waals surface area contributed by atoms with Gasteiger partial charge in [-0.3, -0.25) is 4.79 Å². The van der Waals surface area contributed by atoms with Crippen LogP contribution in [0.1, 0.15) is 43.6 Å². The Morgan fingerprint density at radius 1 is 1.40 bits per heavy atom. The molecular formula is C16H18ClNO2. The summed E-state index contributed by atoms with van der Waals surface area (Å²) in [4.78, 5) is 12.2. The average molecular weight is 292 g/mol. The monoisotopic (exact) mass is 291 g/mol. The first-order chi connectivity index (χ1) is 9.70. The van der Waals surface area contributed by atoms with Gasteiger partial charge in [-0.25, -0.2) is 0 Å². The number of Topliss-reactive ketones (excluding diaryl/α,β-unsaturated/α-hetero) is 1. The van der Waals surface area contributed by atoms with Crippen molar-refractivity contribution in [1.29, 1.82) is 5.26 Å². The van der Waals surface area contributed by atoms with Gasteiger partial charge in [0.2, 0.25) is 0 Å². The molecule has 1 saturated heterocycles. The Kier molecular flexibility index (Phi) is 5.58. The van der Waals surface area contributed by atoms with Crippen LogP contribution in [-0.2, 0) is 9.53 Å². The second kappa shape index (κ2) is 7.42. The summed E-state index contributed by atoms with van der Waals surface area (Å²) in [6, 6.07) is 8.99. The van der Waals surface area contributed by atoms with Crippen LogP contribution in [0.15, 0.2) is 24.3 Å². The number of hydrogen-bond donors (Lipinski definition) is 0. The number of ether oxygens (including phenoxy) is 1. The lowest BCUT2D eigenvalue weighted by Crippen LogP contribution is -2.21. The van der Waals surface area contributed by atoms with Crippen molar-refractivity contribution in [2.24, 2.45) is 0 Å². The van der Waals surface area contributed by atoms with Gasteiger partial charge in [-0.1, -0.05) is 23.7 Å². The zero-order chi connectivity index (χ0) is 14.4. The number of halogens is 1. The first-order valence-electron chi connectivity index (χ1n) is 7.00. The first-order valence-corrected chi connectivity index (χ1v) is 7.38. The minimum absolute atomic E-state index is 0.0380. The van der Waals surface area contributed by atoms with Gasteiger partial charge in [0, 0.05) is 18.1 Å². The third-order valence-corrected chi connectivity index (χ3v) is 3.89. The van der Waals surface area contributed by atoms with Gasteiger partial charge in [-0.2, -0.15) is 5.26 Å². The number of carbonyl (C=O) groups excluding carboxylic acids is 1. The second-order valence-electron chi connectivity index (χ2n) is 5.11. The number of nitrogens with zero attached hydrogens (tertiary/aromatic N) is 1. The SMILES string of the molecule is N#CC(C(=O)CCC1CCCCO1)c1ccc(Cl)cc1. The summed E-state index contributed by atoms with van der Waals surface area (Å²) >= 11 is 5.82. The Hall–Kier alpha value is -1.37. The molecule has 1 fully saturated rings. The fourth-order valence-electron chi connectivity index (χ4n) is 2.47. The molecule has 3 nitrogen and oxygen atoms in total. The van der Waals surface area contributed by atoms with Gasteiger partial charge >= 0.3 is 0 Å². The third kappa shape index (κ3) is 4.06. The molecule has 0 amide bonds. The lowest BCUT2D eigenvalue weighted by atomic mass is 9.92. The van der Waals surface area contributed by atoms with Crippen LogP contribution in [0.3, 0.4) is 0 Å². The quantitative estimate of drug-likeness (QED) is 0.827. The van der Waals surface area contributed by atoms with E-state index in [0.29, 0.717) is 23.4 Å². The zero-order valence-electron chi connectivity index (χ0n) is 11.3. The van der Waals surface area contributed by atoms with Crippen LogP contribution in [0.5, 0.6) is 0 Å². The Balaban J connectivity index is 1.92. The van der Waals surface area contributed by atoms with Crippen LogP contribution in [0.2, 0.25) is 5.02 Å². The number of nitriles is 1. The van der Waals surface area contributed by atoms with Gasteiger partial charge in [-0.15, -0.1) is 0 Å². The summed E-state index contributed by atoms with van der Waals surface area (Å²) in [5.74, 6) is -0.736. The molecule has 0 saturated carbocycles. The Bertz CT molecular complexity index is 486. The van der Waals surface area contributed by atoms with E-state index < -0.39 is 5.92 Å². The van der Waals surface area contributed by atoms with E-state index in [2.05, 4.69) is 6.07 Å². The van der Waals surface area contributed by atoms with Gasteiger partial charge in [0.25, 0.3) is 0 Å². The lowest BCUT2D eigenvalue weighted by Gasteiger charge is -2.22. The highest BCUT2D eigenvalue weighted by molar-refractivity contribution is 6.30. The van der Waals surface area contributed by atoms with E-state index in [1.807, 2.05) is 0 Å². The summed E-state index contributed by atoms with van der Waals surface area (Å²) in [6.45, 7) is 0.789. The van der Waals surface area contributed by atoms with Crippen LogP contribution >= 0.6 is 11.6 Å². The van der Waals surface area contributed by atoms with Crippen molar-refractivity contribution >= 4 is 17.4 Å². The van der Waals surface area contributed by atoms with E-state index in [9.17, 15) is 10.1 Å². The molecule has 2 unspecified atom stereocenters. The van der Waals surface area contributed by atoms with Gasteiger partial charge < -0.3 is 4.74 Å². The molecule has 1 aliphatic rings. The molecule has 0 aliphatic carbocycles. The number of ketones is 1. The number of hydrogen-bond acceptors (Lipinski definition) is 3. The molecule has 0 aromatic heterocycles. The first kappa shape index (κ1) is 15.0.